The molecule has 0 spiro atoms. The fourth-order valence-electron chi connectivity index (χ4n) is 1.44. The van der Waals surface area contributed by atoms with E-state index in [1.165, 1.54) is 11.8 Å². The molecule has 0 aliphatic heterocycles. The highest BCUT2D eigenvalue weighted by atomic mass is 32.2. The summed E-state index contributed by atoms with van der Waals surface area (Å²) in [5, 5.41) is 12.3. The number of carbonyl (C=O) groups excluding carboxylic acids is 1. The second kappa shape index (κ2) is 6.57. The number of carbonyl (C=O) groups is 1. The van der Waals surface area contributed by atoms with Crippen LogP contribution >= 0.6 is 11.8 Å². The van der Waals surface area contributed by atoms with E-state index in [2.05, 4.69) is 10.3 Å². The summed E-state index contributed by atoms with van der Waals surface area (Å²) >= 11 is 1.37. The van der Waals surface area contributed by atoms with Gasteiger partial charge in [-0.3, -0.25) is 4.79 Å². The molecular formula is C14H11N3OS. The van der Waals surface area contributed by atoms with Gasteiger partial charge in [0.15, 0.2) is 0 Å². The Morgan fingerprint density at radius 1 is 1.32 bits per heavy atom. The number of nitriles is 1. The van der Waals surface area contributed by atoms with Crippen molar-refractivity contribution in [2.75, 3.05) is 11.1 Å². The van der Waals surface area contributed by atoms with Gasteiger partial charge >= 0.3 is 0 Å². The highest BCUT2D eigenvalue weighted by Gasteiger charge is 2.04. The van der Waals surface area contributed by atoms with Gasteiger partial charge in [0.1, 0.15) is 0 Å². The maximum absolute atomic E-state index is 11.7. The summed E-state index contributed by atoms with van der Waals surface area (Å²) in [6, 6.07) is 14.4. The zero-order chi connectivity index (χ0) is 13.5. The number of hydrogen-bond acceptors (Lipinski definition) is 4. The van der Waals surface area contributed by atoms with Crippen molar-refractivity contribution in [3.05, 3.63) is 54.2 Å². The molecule has 0 fully saturated rings. The van der Waals surface area contributed by atoms with Crippen LogP contribution in [0.5, 0.6) is 0 Å². The number of anilines is 1. The topological polar surface area (TPSA) is 65.8 Å². The van der Waals surface area contributed by atoms with E-state index in [9.17, 15) is 4.79 Å². The molecule has 0 saturated carbocycles. The van der Waals surface area contributed by atoms with Crippen molar-refractivity contribution in [1.29, 1.82) is 5.26 Å². The number of benzene rings is 1. The molecule has 0 atom stereocenters. The highest BCUT2D eigenvalue weighted by Crippen LogP contribution is 2.15. The van der Waals surface area contributed by atoms with Crippen LogP contribution < -0.4 is 5.32 Å². The monoisotopic (exact) mass is 269 g/mol. The Morgan fingerprint density at radius 2 is 2.21 bits per heavy atom. The van der Waals surface area contributed by atoms with E-state index in [1.54, 1.807) is 30.5 Å². The molecule has 19 heavy (non-hydrogen) atoms. The molecule has 0 aliphatic rings. The van der Waals surface area contributed by atoms with E-state index >= 15 is 0 Å². The average molecular weight is 269 g/mol. The summed E-state index contributed by atoms with van der Waals surface area (Å²) in [5.41, 5.74) is 1.15. The van der Waals surface area contributed by atoms with Crippen molar-refractivity contribution in [2.24, 2.45) is 0 Å². The fraction of sp³-hybridized carbons (Fsp3) is 0.0714. The van der Waals surface area contributed by atoms with Gasteiger partial charge in [0.25, 0.3) is 0 Å². The van der Waals surface area contributed by atoms with Gasteiger partial charge in [-0.05, 0) is 30.3 Å². The number of aromatic nitrogens is 1. The van der Waals surface area contributed by atoms with E-state index < -0.39 is 0 Å². The van der Waals surface area contributed by atoms with Crippen molar-refractivity contribution >= 4 is 23.4 Å². The van der Waals surface area contributed by atoms with Crippen LogP contribution in [-0.2, 0) is 4.79 Å². The molecule has 0 radical (unpaired) electrons. The van der Waals surface area contributed by atoms with Crippen LogP contribution in [0.15, 0.2) is 53.7 Å². The lowest BCUT2D eigenvalue weighted by molar-refractivity contribution is -0.113. The smallest absolute Gasteiger partial charge is 0.234 e. The summed E-state index contributed by atoms with van der Waals surface area (Å²) in [6.07, 6.45) is 1.69. The predicted octanol–water partition coefficient (Wildman–Crippen LogP) is 2.68. The third-order valence-electron chi connectivity index (χ3n) is 2.26. The second-order valence-electron chi connectivity index (χ2n) is 3.70. The van der Waals surface area contributed by atoms with Crippen LogP contribution in [0.25, 0.3) is 0 Å². The van der Waals surface area contributed by atoms with E-state index in [0.717, 1.165) is 5.03 Å². The van der Waals surface area contributed by atoms with Crippen molar-refractivity contribution in [1.82, 2.24) is 4.98 Å². The fourth-order valence-corrected chi connectivity index (χ4v) is 2.10. The average Bonchev–Trinajstić information content (AvgIpc) is 2.46. The van der Waals surface area contributed by atoms with Gasteiger partial charge in [0.2, 0.25) is 5.91 Å². The summed E-state index contributed by atoms with van der Waals surface area (Å²) in [5.74, 6) is 0.166. The van der Waals surface area contributed by atoms with Crippen LogP contribution in [0.3, 0.4) is 0 Å². The van der Waals surface area contributed by atoms with E-state index in [1.807, 2.05) is 24.3 Å². The second-order valence-corrected chi connectivity index (χ2v) is 4.69. The molecule has 5 heteroatoms. The lowest BCUT2D eigenvalue weighted by Crippen LogP contribution is -2.14. The van der Waals surface area contributed by atoms with Crippen LogP contribution in [-0.4, -0.2) is 16.6 Å². The number of amides is 1. The standard InChI is InChI=1S/C14H11N3OS/c15-9-11-4-3-5-12(8-11)17-13(18)10-19-14-6-1-2-7-16-14/h1-8H,10H2,(H,17,18). The summed E-state index contributed by atoms with van der Waals surface area (Å²) < 4.78 is 0. The molecule has 1 N–H and O–H groups in total. The number of rotatable bonds is 4. The third-order valence-corrected chi connectivity index (χ3v) is 3.21. The molecule has 1 aromatic carbocycles. The number of nitrogens with one attached hydrogen (secondary N) is 1. The maximum atomic E-state index is 11.7. The van der Waals surface area contributed by atoms with Gasteiger partial charge < -0.3 is 5.32 Å². The van der Waals surface area contributed by atoms with Gasteiger partial charge in [-0.25, -0.2) is 4.98 Å². The van der Waals surface area contributed by atoms with Crippen LogP contribution in [0.1, 0.15) is 5.56 Å². The quantitative estimate of drug-likeness (QED) is 0.867. The molecule has 94 valence electrons. The Balaban J connectivity index is 1.89. The zero-order valence-corrected chi connectivity index (χ0v) is 10.9. The van der Waals surface area contributed by atoms with Crippen LogP contribution in [0.2, 0.25) is 0 Å². The molecule has 1 amide bonds. The van der Waals surface area contributed by atoms with Gasteiger partial charge in [0.05, 0.1) is 22.4 Å². The highest BCUT2D eigenvalue weighted by molar-refractivity contribution is 7.99. The largest absolute Gasteiger partial charge is 0.325 e. The van der Waals surface area contributed by atoms with Crippen molar-refractivity contribution < 1.29 is 4.79 Å². The summed E-state index contributed by atoms with van der Waals surface area (Å²) in [6.45, 7) is 0. The minimum Gasteiger partial charge on any atom is -0.325 e. The minimum atomic E-state index is -0.120. The number of nitrogens with zero attached hydrogens (tertiary/aromatic N) is 2. The zero-order valence-electron chi connectivity index (χ0n) is 10.0. The molecule has 0 saturated heterocycles. The Hall–Kier alpha value is -2.32. The Morgan fingerprint density at radius 3 is 2.95 bits per heavy atom. The maximum Gasteiger partial charge on any atom is 0.234 e. The molecule has 0 aliphatic carbocycles. The number of thioether (sulfide) groups is 1. The first kappa shape index (κ1) is 13.1. The van der Waals surface area contributed by atoms with Crippen molar-refractivity contribution in [3.8, 4) is 6.07 Å². The molecule has 0 unspecified atom stereocenters. The van der Waals surface area contributed by atoms with E-state index in [4.69, 9.17) is 5.26 Å². The first-order valence-corrected chi connectivity index (χ1v) is 6.60. The molecule has 1 aromatic heterocycles. The molecule has 0 bridgehead atoms. The number of hydrogen-bond donors (Lipinski definition) is 1. The first-order chi connectivity index (χ1) is 9.28. The van der Waals surface area contributed by atoms with E-state index in [0.29, 0.717) is 11.3 Å². The van der Waals surface area contributed by atoms with Gasteiger partial charge in [0, 0.05) is 11.9 Å². The van der Waals surface area contributed by atoms with Gasteiger partial charge in [-0.2, -0.15) is 5.26 Å². The molecule has 4 nitrogen and oxygen atoms in total. The number of pyridine rings is 1. The van der Waals surface area contributed by atoms with Gasteiger partial charge in [-0.1, -0.05) is 23.9 Å². The minimum absolute atomic E-state index is 0.120. The molecule has 2 aromatic rings. The molecule has 1 heterocycles. The lowest BCUT2D eigenvalue weighted by Gasteiger charge is -2.04. The predicted molar refractivity (Wildman–Crippen MR) is 74.7 cm³/mol. The first-order valence-electron chi connectivity index (χ1n) is 5.62. The van der Waals surface area contributed by atoms with Gasteiger partial charge in [-0.15, -0.1) is 0 Å². The Labute approximate surface area is 115 Å². The Kier molecular flexibility index (Phi) is 4.54. The Bertz CT molecular complexity index is 608. The normalized spacial score (nSPS) is 9.63. The molecule has 2 rings (SSSR count). The third kappa shape index (κ3) is 4.12. The van der Waals surface area contributed by atoms with Crippen LogP contribution in [0.4, 0.5) is 5.69 Å². The van der Waals surface area contributed by atoms with Crippen molar-refractivity contribution in [3.63, 3.8) is 0 Å². The SMILES string of the molecule is N#Cc1cccc(NC(=O)CSc2ccccn2)c1. The lowest BCUT2D eigenvalue weighted by atomic mass is 10.2. The van der Waals surface area contributed by atoms with E-state index in [-0.39, 0.29) is 11.7 Å². The molecular weight excluding hydrogens is 258 g/mol. The summed E-state index contributed by atoms with van der Waals surface area (Å²) in [4.78, 5) is 15.9. The van der Waals surface area contributed by atoms with Crippen molar-refractivity contribution in [2.45, 2.75) is 5.03 Å². The van der Waals surface area contributed by atoms with Crippen LogP contribution in [0, 0.1) is 11.3 Å². The summed E-state index contributed by atoms with van der Waals surface area (Å²) in [7, 11) is 0.